The van der Waals surface area contributed by atoms with Crippen LogP contribution in [0.5, 0.6) is 0 Å². The molecule has 0 saturated carbocycles. The number of aliphatic hydroxyl groups is 1. The summed E-state index contributed by atoms with van der Waals surface area (Å²) < 4.78 is 7.27. The molecule has 0 aliphatic carbocycles. The maximum Gasteiger partial charge on any atom is 0.137 e. The molecule has 2 aromatic rings. The number of rotatable bonds is 5. The Morgan fingerprint density at radius 3 is 2.86 bits per heavy atom. The van der Waals surface area contributed by atoms with Crippen molar-refractivity contribution in [1.82, 2.24) is 24.8 Å². The van der Waals surface area contributed by atoms with Crippen LogP contribution in [0, 0.1) is 19.8 Å². The number of β-amino-alcohol motifs (C(OH)–C–C–N with tert-alkyl or cyclic N) is 1. The Morgan fingerprint density at radius 1 is 1.33 bits per heavy atom. The van der Waals surface area contributed by atoms with Gasteiger partial charge < -0.3 is 14.2 Å². The maximum atomic E-state index is 10.2. The van der Waals surface area contributed by atoms with E-state index in [0.717, 1.165) is 43.3 Å². The molecule has 0 amide bonds. The first-order valence-electron chi connectivity index (χ1n) is 7.29. The van der Waals surface area contributed by atoms with E-state index in [1.165, 1.54) is 0 Å². The summed E-state index contributed by atoms with van der Waals surface area (Å²) in [6, 6.07) is 1.94. The summed E-state index contributed by atoms with van der Waals surface area (Å²) >= 11 is 0. The molecule has 7 nitrogen and oxygen atoms in total. The molecule has 2 aromatic heterocycles. The standard InChI is InChI=1S/C14H21N5O2/c1-10-5-13(21-17-10)6-12-7-18(8-14(12)20)3-4-19-9-15-16-11(19)2/h5,9,12,14,20H,3-4,6-8H2,1-2H3/t12-,14-/m1/s1. The molecule has 0 spiro atoms. The zero-order valence-electron chi connectivity index (χ0n) is 12.4. The first-order valence-corrected chi connectivity index (χ1v) is 7.29. The van der Waals surface area contributed by atoms with E-state index in [2.05, 4.69) is 20.3 Å². The second-order valence-electron chi connectivity index (χ2n) is 5.80. The van der Waals surface area contributed by atoms with Gasteiger partial charge in [0.15, 0.2) is 0 Å². The van der Waals surface area contributed by atoms with E-state index in [4.69, 9.17) is 4.52 Å². The van der Waals surface area contributed by atoms with E-state index in [-0.39, 0.29) is 12.0 Å². The third-order valence-electron chi connectivity index (χ3n) is 4.09. The first kappa shape index (κ1) is 14.2. The Kier molecular flexibility index (Phi) is 4.03. The van der Waals surface area contributed by atoms with Gasteiger partial charge in [0, 0.05) is 44.6 Å². The van der Waals surface area contributed by atoms with Gasteiger partial charge in [-0.2, -0.15) is 0 Å². The van der Waals surface area contributed by atoms with Crippen molar-refractivity contribution >= 4 is 0 Å². The molecular formula is C14H21N5O2. The van der Waals surface area contributed by atoms with Crippen LogP contribution in [0.1, 0.15) is 17.3 Å². The van der Waals surface area contributed by atoms with Crippen LogP contribution in [0.25, 0.3) is 0 Å². The Hall–Kier alpha value is -1.73. The molecular weight excluding hydrogens is 270 g/mol. The number of aromatic nitrogens is 4. The van der Waals surface area contributed by atoms with Crippen molar-refractivity contribution in [2.75, 3.05) is 19.6 Å². The van der Waals surface area contributed by atoms with Gasteiger partial charge in [0.25, 0.3) is 0 Å². The van der Waals surface area contributed by atoms with Crippen molar-refractivity contribution in [3.8, 4) is 0 Å². The van der Waals surface area contributed by atoms with Crippen molar-refractivity contribution < 1.29 is 9.63 Å². The zero-order valence-corrected chi connectivity index (χ0v) is 12.4. The summed E-state index contributed by atoms with van der Waals surface area (Å²) in [6.45, 7) is 7.18. The molecule has 1 N–H and O–H groups in total. The fourth-order valence-electron chi connectivity index (χ4n) is 2.88. The molecule has 1 fully saturated rings. The maximum absolute atomic E-state index is 10.2. The van der Waals surface area contributed by atoms with Crippen LogP contribution in [-0.4, -0.2) is 55.7 Å². The predicted octanol–water partition coefficient (Wildman–Crippen LogP) is 0.418. The van der Waals surface area contributed by atoms with Gasteiger partial charge in [-0.3, -0.25) is 4.90 Å². The molecule has 0 unspecified atom stereocenters. The fraction of sp³-hybridized carbons (Fsp3) is 0.643. The monoisotopic (exact) mass is 291 g/mol. The van der Waals surface area contributed by atoms with Crippen molar-refractivity contribution in [1.29, 1.82) is 0 Å². The van der Waals surface area contributed by atoms with Gasteiger partial charge in [-0.15, -0.1) is 10.2 Å². The molecule has 1 aliphatic rings. The molecule has 3 rings (SSSR count). The van der Waals surface area contributed by atoms with E-state index in [9.17, 15) is 5.11 Å². The summed E-state index contributed by atoms with van der Waals surface area (Å²) in [5.41, 5.74) is 0.887. The third-order valence-corrected chi connectivity index (χ3v) is 4.09. The lowest BCUT2D eigenvalue weighted by Gasteiger charge is -2.15. The molecule has 0 bridgehead atoms. The zero-order chi connectivity index (χ0) is 14.8. The van der Waals surface area contributed by atoms with Gasteiger partial charge in [0.05, 0.1) is 11.8 Å². The second-order valence-corrected chi connectivity index (χ2v) is 5.80. The molecule has 7 heteroatoms. The lowest BCUT2D eigenvalue weighted by atomic mass is 10.0. The van der Waals surface area contributed by atoms with Crippen molar-refractivity contribution in [2.45, 2.75) is 32.9 Å². The topological polar surface area (TPSA) is 80.2 Å². The summed E-state index contributed by atoms with van der Waals surface area (Å²) in [5, 5.41) is 22.0. The first-order chi connectivity index (χ1) is 10.1. The molecule has 2 atom stereocenters. The van der Waals surface area contributed by atoms with Crippen LogP contribution in [0.15, 0.2) is 16.9 Å². The summed E-state index contributed by atoms with van der Waals surface area (Å²) in [6.07, 6.45) is 2.18. The minimum absolute atomic E-state index is 0.208. The SMILES string of the molecule is Cc1cc(C[C@@H]2CN(CCn3cnnc3C)C[C@H]2O)on1. The van der Waals surface area contributed by atoms with E-state index < -0.39 is 0 Å². The van der Waals surface area contributed by atoms with Crippen molar-refractivity contribution in [2.24, 2.45) is 5.92 Å². The number of likely N-dealkylation sites (tertiary alicyclic amines) is 1. The number of aryl methyl sites for hydroxylation is 2. The fourth-order valence-corrected chi connectivity index (χ4v) is 2.88. The third kappa shape index (κ3) is 3.30. The van der Waals surface area contributed by atoms with E-state index in [1.807, 2.05) is 24.5 Å². The van der Waals surface area contributed by atoms with Crippen molar-refractivity contribution in [3.05, 3.63) is 29.7 Å². The van der Waals surface area contributed by atoms with Crippen LogP contribution in [0.3, 0.4) is 0 Å². The average molecular weight is 291 g/mol. The van der Waals surface area contributed by atoms with E-state index in [0.29, 0.717) is 6.54 Å². The van der Waals surface area contributed by atoms with E-state index in [1.54, 1.807) is 6.33 Å². The van der Waals surface area contributed by atoms with Gasteiger partial charge >= 0.3 is 0 Å². The largest absolute Gasteiger partial charge is 0.391 e. The highest BCUT2D eigenvalue weighted by Gasteiger charge is 2.31. The van der Waals surface area contributed by atoms with Gasteiger partial charge in [0.2, 0.25) is 0 Å². The molecule has 0 aromatic carbocycles. The number of hydrogen-bond acceptors (Lipinski definition) is 6. The van der Waals surface area contributed by atoms with Crippen molar-refractivity contribution in [3.63, 3.8) is 0 Å². The molecule has 114 valence electrons. The smallest absolute Gasteiger partial charge is 0.137 e. The average Bonchev–Trinajstić information content (AvgIpc) is 3.11. The highest BCUT2D eigenvalue weighted by molar-refractivity contribution is 5.05. The normalized spacial score (nSPS) is 23.0. The van der Waals surface area contributed by atoms with Gasteiger partial charge in [0.1, 0.15) is 17.9 Å². The summed E-state index contributed by atoms with van der Waals surface area (Å²) in [7, 11) is 0. The van der Waals surface area contributed by atoms with Gasteiger partial charge in [-0.1, -0.05) is 5.16 Å². The van der Waals surface area contributed by atoms with Crippen LogP contribution >= 0.6 is 0 Å². The number of nitrogens with zero attached hydrogens (tertiary/aromatic N) is 5. The Morgan fingerprint density at radius 2 is 2.19 bits per heavy atom. The minimum Gasteiger partial charge on any atom is -0.391 e. The quantitative estimate of drug-likeness (QED) is 0.860. The summed E-state index contributed by atoms with van der Waals surface area (Å²) in [4.78, 5) is 2.28. The van der Waals surface area contributed by atoms with E-state index >= 15 is 0 Å². The molecule has 0 radical (unpaired) electrons. The molecule has 3 heterocycles. The van der Waals surface area contributed by atoms with Crippen LogP contribution in [0.4, 0.5) is 0 Å². The highest BCUT2D eigenvalue weighted by atomic mass is 16.5. The highest BCUT2D eigenvalue weighted by Crippen LogP contribution is 2.21. The lowest BCUT2D eigenvalue weighted by molar-refractivity contribution is 0.137. The lowest BCUT2D eigenvalue weighted by Crippen LogP contribution is -2.26. The van der Waals surface area contributed by atoms with Crippen LogP contribution in [0.2, 0.25) is 0 Å². The Labute approximate surface area is 123 Å². The molecule has 21 heavy (non-hydrogen) atoms. The summed E-state index contributed by atoms with van der Waals surface area (Å²) in [5.74, 6) is 1.98. The number of aliphatic hydroxyl groups excluding tert-OH is 1. The van der Waals surface area contributed by atoms with Gasteiger partial charge in [-0.25, -0.2) is 0 Å². The van der Waals surface area contributed by atoms with Gasteiger partial charge in [-0.05, 0) is 13.8 Å². The molecule has 1 aliphatic heterocycles. The second kappa shape index (κ2) is 5.95. The Balaban J connectivity index is 1.52. The van der Waals surface area contributed by atoms with Crippen LogP contribution < -0.4 is 0 Å². The number of hydrogen-bond donors (Lipinski definition) is 1. The Bertz CT molecular complexity index is 594. The predicted molar refractivity (Wildman–Crippen MR) is 75.6 cm³/mol. The van der Waals surface area contributed by atoms with Crippen LogP contribution in [-0.2, 0) is 13.0 Å². The molecule has 1 saturated heterocycles. The minimum atomic E-state index is -0.308.